The summed E-state index contributed by atoms with van der Waals surface area (Å²) in [5.74, 6) is 0.371. The van der Waals surface area contributed by atoms with Crippen molar-refractivity contribution in [1.82, 2.24) is 5.32 Å². The maximum absolute atomic E-state index is 12.5. The average molecular weight is 295 g/mol. The third-order valence-corrected chi connectivity index (χ3v) is 4.85. The number of hydrogen-bond acceptors (Lipinski definition) is 2. The number of aryl methyl sites for hydroxylation is 1. The summed E-state index contributed by atoms with van der Waals surface area (Å²) in [6.45, 7) is 4.58. The van der Waals surface area contributed by atoms with Crippen molar-refractivity contribution in [2.24, 2.45) is 11.7 Å². The Hall–Kier alpha value is -1.06. The summed E-state index contributed by atoms with van der Waals surface area (Å²) in [6.07, 6.45) is 4.43. The van der Waals surface area contributed by atoms with Crippen LogP contribution in [0.1, 0.15) is 48.5 Å². The maximum atomic E-state index is 12.5. The van der Waals surface area contributed by atoms with Gasteiger partial charge in [-0.1, -0.05) is 31.4 Å². The molecule has 0 aliphatic heterocycles. The second kappa shape index (κ2) is 6.15. The van der Waals surface area contributed by atoms with Gasteiger partial charge in [-0.2, -0.15) is 0 Å². The van der Waals surface area contributed by atoms with Crippen LogP contribution in [-0.4, -0.2) is 18.0 Å². The number of hydrogen-bond donors (Lipinski definition) is 2. The number of carbonyl (C=O) groups excluding carboxylic acids is 1. The Bertz CT molecular complexity index is 503. The lowest BCUT2D eigenvalue weighted by Gasteiger charge is -2.42. The lowest BCUT2D eigenvalue weighted by atomic mass is 9.73. The average Bonchev–Trinajstić information content (AvgIpc) is 2.41. The largest absolute Gasteiger partial charge is 0.345 e. The van der Waals surface area contributed by atoms with Gasteiger partial charge in [-0.3, -0.25) is 4.79 Å². The smallest absolute Gasteiger partial charge is 0.252 e. The predicted molar refractivity (Wildman–Crippen MR) is 83.1 cm³/mol. The second-order valence-electron chi connectivity index (χ2n) is 5.92. The minimum absolute atomic E-state index is 0.0432. The summed E-state index contributed by atoms with van der Waals surface area (Å²) < 4.78 is 0. The molecule has 1 aromatic rings. The lowest BCUT2D eigenvalue weighted by molar-refractivity contribution is 0.0812. The number of nitrogens with two attached hydrogens (primary N) is 1. The minimum Gasteiger partial charge on any atom is -0.345 e. The zero-order valence-corrected chi connectivity index (χ0v) is 13.0. The second-order valence-corrected chi connectivity index (χ2v) is 6.36. The van der Waals surface area contributed by atoms with E-state index in [1.54, 1.807) is 12.1 Å². The maximum Gasteiger partial charge on any atom is 0.252 e. The van der Waals surface area contributed by atoms with E-state index in [-0.39, 0.29) is 11.4 Å². The van der Waals surface area contributed by atoms with Crippen LogP contribution in [0.25, 0.3) is 0 Å². The van der Waals surface area contributed by atoms with E-state index < -0.39 is 0 Å². The Morgan fingerprint density at radius 3 is 2.85 bits per heavy atom. The summed E-state index contributed by atoms with van der Waals surface area (Å²) in [5, 5.41) is 3.85. The van der Waals surface area contributed by atoms with Gasteiger partial charge in [-0.25, -0.2) is 0 Å². The molecule has 20 heavy (non-hydrogen) atoms. The highest BCUT2D eigenvalue weighted by Gasteiger charge is 2.38. The molecule has 110 valence electrons. The van der Waals surface area contributed by atoms with Gasteiger partial charge in [-0.15, -0.1) is 0 Å². The topological polar surface area (TPSA) is 55.1 Å². The van der Waals surface area contributed by atoms with Crippen LogP contribution in [0.15, 0.2) is 18.2 Å². The Balaban J connectivity index is 2.20. The number of carbonyl (C=O) groups is 1. The zero-order valence-electron chi connectivity index (χ0n) is 12.2. The van der Waals surface area contributed by atoms with Gasteiger partial charge >= 0.3 is 0 Å². The van der Waals surface area contributed by atoms with E-state index in [4.69, 9.17) is 17.3 Å². The fourth-order valence-corrected chi connectivity index (χ4v) is 3.36. The highest BCUT2D eigenvalue weighted by molar-refractivity contribution is 6.30. The minimum atomic E-state index is -0.262. The molecule has 4 heteroatoms. The molecule has 0 bridgehead atoms. The van der Waals surface area contributed by atoms with Crippen LogP contribution >= 0.6 is 11.6 Å². The Labute approximate surface area is 125 Å². The van der Waals surface area contributed by atoms with Crippen LogP contribution in [0.2, 0.25) is 5.02 Å². The first-order chi connectivity index (χ1) is 9.48. The molecule has 0 aromatic heterocycles. The van der Waals surface area contributed by atoms with Gasteiger partial charge in [0, 0.05) is 17.1 Å². The van der Waals surface area contributed by atoms with E-state index in [0.717, 1.165) is 24.8 Å². The fourth-order valence-electron chi connectivity index (χ4n) is 3.13. The van der Waals surface area contributed by atoms with Crippen molar-refractivity contribution in [3.05, 3.63) is 34.3 Å². The summed E-state index contributed by atoms with van der Waals surface area (Å²) in [7, 11) is 0. The van der Waals surface area contributed by atoms with Gasteiger partial charge in [0.05, 0.1) is 5.54 Å². The monoisotopic (exact) mass is 294 g/mol. The van der Waals surface area contributed by atoms with Crippen LogP contribution < -0.4 is 11.1 Å². The van der Waals surface area contributed by atoms with Crippen LogP contribution in [0.5, 0.6) is 0 Å². The molecule has 1 aromatic carbocycles. The lowest BCUT2D eigenvalue weighted by Crippen LogP contribution is -2.59. The normalized spacial score (nSPS) is 26.3. The Morgan fingerprint density at radius 2 is 2.25 bits per heavy atom. The molecule has 1 amide bonds. The van der Waals surface area contributed by atoms with Crippen LogP contribution in [0, 0.1) is 12.8 Å². The fraction of sp³-hybridized carbons (Fsp3) is 0.562. The summed E-state index contributed by atoms with van der Waals surface area (Å²) >= 11 is 5.94. The molecule has 1 aliphatic carbocycles. The van der Waals surface area contributed by atoms with Gasteiger partial charge in [-0.05, 0) is 49.4 Å². The molecule has 3 nitrogen and oxygen atoms in total. The molecule has 1 aliphatic rings. The van der Waals surface area contributed by atoms with Gasteiger partial charge in [0.15, 0.2) is 0 Å². The van der Waals surface area contributed by atoms with E-state index in [1.165, 1.54) is 6.42 Å². The summed E-state index contributed by atoms with van der Waals surface area (Å²) in [6, 6.07) is 5.35. The highest BCUT2D eigenvalue weighted by atomic mass is 35.5. The van der Waals surface area contributed by atoms with Crippen LogP contribution in [0.4, 0.5) is 0 Å². The molecule has 0 saturated heterocycles. The van der Waals surface area contributed by atoms with Gasteiger partial charge in [0.1, 0.15) is 0 Å². The third-order valence-electron chi connectivity index (χ3n) is 4.61. The Kier molecular flexibility index (Phi) is 4.71. The van der Waals surface area contributed by atoms with Gasteiger partial charge < -0.3 is 11.1 Å². The van der Waals surface area contributed by atoms with E-state index in [9.17, 15) is 4.79 Å². The first-order valence-electron chi connectivity index (χ1n) is 7.27. The molecule has 1 saturated carbocycles. The molecular weight excluding hydrogens is 272 g/mol. The molecule has 2 rings (SSSR count). The van der Waals surface area contributed by atoms with E-state index >= 15 is 0 Å². The Morgan fingerprint density at radius 1 is 1.50 bits per heavy atom. The van der Waals surface area contributed by atoms with Crippen molar-refractivity contribution in [3.63, 3.8) is 0 Å². The molecule has 3 N–H and O–H groups in total. The van der Waals surface area contributed by atoms with Gasteiger partial charge in [0.25, 0.3) is 5.91 Å². The molecule has 0 radical (unpaired) electrons. The molecule has 0 heterocycles. The highest BCUT2D eigenvalue weighted by Crippen LogP contribution is 2.33. The van der Waals surface area contributed by atoms with Crippen LogP contribution in [0.3, 0.4) is 0 Å². The molecule has 2 unspecified atom stereocenters. The first-order valence-corrected chi connectivity index (χ1v) is 7.65. The van der Waals surface area contributed by atoms with Crippen molar-refractivity contribution in [1.29, 1.82) is 0 Å². The number of nitrogens with one attached hydrogen (secondary N) is 1. The van der Waals surface area contributed by atoms with Crippen molar-refractivity contribution >= 4 is 17.5 Å². The van der Waals surface area contributed by atoms with Crippen molar-refractivity contribution in [3.8, 4) is 0 Å². The zero-order chi connectivity index (χ0) is 14.8. The van der Waals surface area contributed by atoms with Gasteiger partial charge in [0.2, 0.25) is 0 Å². The van der Waals surface area contributed by atoms with Crippen molar-refractivity contribution in [2.75, 3.05) is 6.54 Å². The number of benzene rings is 1. The van der Waals surface area contributed by atoms with E-state index in [0.29, 0.717) is 23.0 Å². The third kappa shape index (κ3) is 2.99. The quantitative estimate of drug-likeness (QED) is 0.899. The molecular formula is C16H23ClN2O. The first kappa shape index (κ1) is 15.3. The SMILES string of the molecule is Cc1cc(Cl)ccc1C(=O)NC1(CN)CCCCC1C. The van der Waals surface area contributed by atoms with E-state index in [1.807, 2.05) is 13.0 Å². The predicted octanol–water partition coefficient (Wildman–Crippen LogP) is 3.29. The summed E-state index contributed by atoms with van der Waals surface area (Å²) in [5.41, 5.74) is 7.29. The summed E-state index contributed by atoms with van der Waals surface area (Å²) in [4.78, 5) is 12.5. The number of amides is 1. The standard InChI is InChI=1S/C16H23ClN2O/c1-11-9-13(17)6-7-14(11)15(20)19-16(10-18)8-4-3-5-12(16)2/h6-7,9,12H,3-5,8,10,18H2,1-2H3,(H,19,20). The van der Waals surface area contributed by atoms with Crippen LogP contribution in [-0.2, 0) is 0 Å². The number of halogens is 1. The molecule has 1 fully saturated rings. The number of rotatable bonds is 3. The van der Waals surface area contributed by atoms with Crippen molar-refractivity contribution in [2.45, 2.75) is 45.1 Å². The molecule has 0 spiro atoms. The van der Waals surface area contributed by atoms with E-state index in [2.05, 4.69) is 12.2 Å². The molecule has 2 atom stereocenters. The van der Waals surface area contributed by atoms with Crippen molar-refractivity contribution < 1.29 is 4.79 Å².